The Morgan fingerprint density at radius 1 is 0.441 bits per heavy atom. The first-order chi connectivity index (χ1) is 33.7. The number of imidazole rings is 2. The molecule has 15 aromatic rings. The topological polar surface area (TPSA) is 61.2 Å². The highest BCUT2D eigenvalue weighted by Crippen LogP contribution is 2.41. The summed E-state index contributed by atoms with van der Waals surface area (Å²) in [5.74, 6) is 0.871. The third-order valence-corrected chi connectivity index (χ3v) is 20.7. The second kappa shape index (κ2) is 14.4. The average molecular weight is 922 g/mol. The molecule has 0 aliphatic rings. The maximum absolute atomic E-state index is 6.19. The maximum atomic E-state index is 6.19. The summed E-state index contributed by atoms with van der Waals surface area (Å²) in [6.45, 7) is 0. The van der Waals surface area contributed by atoms with Crippen molar-refractivity contribution in [2.45, 2.75) is 0 Å². The van der Waals surface area contributed by atoms with Gasteiger partial charge in [0.15, 0.2) is 0 Å². The van der Waals surface area contributed by atoms with E-state index in [0.29, 0.717) is 5.71 Å². The minimum absolute atomic E-state index is 0.638. The number of hydrogen-bond acceptors (Lipinski definition) is 6. The Morgan fingerprint density at radius 2 is 1.12 bits per heavy atom. The van der Waals surface area contributed by atoms with Crippen LogP contribution in [0.1, 0.15) is 0 Å². The van der Waals surface area contributed by atoms with Crippen LogP contribution in [0.2, 0.25) is 0 Å². The zero-order valence-corrected chi connectivity index (χ0v) is 38.8. The number of aromatic nitrogens is 5. The lowest BCUT2D eigenvalue weighted by Gasteiger charge is -2.35. The van der Waals surface area contributed by atoms with Crippen LogP contribution in [0.3, 0.4) is 0 Å². The van der Waals surface area contributed by atoms with E-state index >= 15 is 0 Å². The zero-order valence-electron chi connectivity index (χ0n) is 36.2. The van der Waals surface area contributed by atoms with E-state index in [1.807, 2.05) is 34.9 Å². The highest BCUT2D eigenvalue weighted by atomic mass is 32.1. The molecule has 0 N–H and O–H groups in total. The fourth-order valence-electron chi connectivity index (χ4n) is 11.0. The van der Waals surface area contributed by atoms with Crippen molar-refractivity contribution in [3.05, 3.63) is 213 Å². The van der Waals surface area contributed by atoms with E-state index < -0.39 is 8.24 Å². The minimum Gasteiger partial charge on any atom is -0.438 e. The summed E-state index contributed by atoms with van der Waals surface area (Å²) >= 11 is 3.69. The van der Waals surface area contributed by atoms with Gasteiger partial charge in [-0.1, -0.05) is 127 Å². The fourth-order valence-corrected chi connectivity index (χ4v) is 18.1. The molecule has 0 radical (unpaired) electrons. The first-order valence-electron chi connectivity index (χ1n) is 22.7. The fraction of sp³-hybridized carbons (Fsp3) is 0. The van der Waals surface area contributed by atoms with Gasteiger partial charge in [0.05, 0.1) is 27.4 Å². The van der Waals surface area contributed by atoms with Gasteiger partial charge in [0, 0.05) is 69.1 Å². The number of furan rings is 1. The van der Waals surface area contributed by atoms with Crippen molar-refractivity contribution in [2.75, 3.05) is 0 Å². The molecule has 68 heavy (non-hydrogen) atoms. The Labute approximate surface area is 397 Å². The number of nitrogens with zero attached hydrogens (tertiary/aromatic N) is 5. The summed E-state index contributed by atoms with van der Waals surface area (Å²) < 4.78 is 16.3. The van der Waals surface area contributed by atoms with Crippen LogP contribution < -0.4 is 15.7 Å². The normalized spacial score (nSPS) is 12.4. The highest BCUT2D eigenvalue weighted by molar-refractivity contribution is 7.26. The summed E-state index contributed by atoms with van der Waals surface area (Å²) in [6, 6.07) is 73.1. The number of para-hydroxylation sites is 1. The van der Waals surface area contributed by atoms with E-state index in [4.69, 9.17) is 14.4 Å². The zero-order chi connectivity index (χ0) is 44.5. The summed E-state index contributed by atoms with van der Waals surface area (Å²) in [4.78, 5) is 16.1. The Bertz CT molecular complexity index is 4490. The number of thiophene rings is 2. The maximum Gasteiger partial charge on any atom is 0.280 e. The third-order valence-electron chi connectivity index (χ3n) is 13.9. The number of hydrogen-bond donors (Lipinski definition) is 0. The Morgan fingerprint density at radius 3 is 1.96 bits per heavy atom. The number of pyridine rings is 2. The van der Waals surface area contributed by atoms with Gasteiger partial charge in [-0.05, 0) is 99.9 Å². The van der Waals surface area contributed by atoms with Crippen LogP contribution >= 0.6 is 22.7 Å². The molecule has 318 valence electrons. The molecule has 0 unspecified atom stereocenters. The summed E-state index contributed by atoms with van der Waals surface area (Å²) in [7, 11) is -3.52. The molecule has 7 aromatic heterocycles. The van der Waals surface area contributed by atoms with Crippen LogP contribution in [0.4, 0.5) is 0 Å². The van der Waals surface area contributed by atoms with E-state index in [1.165, 1.54) is 56.3 Å². The van der Waals surface area contributed by atoms with Gasteiger partial charge in [-0.15, -0.1) is 22.7 Å². The molecule has 0 saturated carbocycles. The van der Waals surface area contributed by atoms with Crippen molar-refractivity contribution in [3.8, 4) is 22.3 Å². The van der Waals surface area contributed by atoms with Gasteiger partial charge in [-0.3, -0.25) is 9.38 Å². The SMILES string of the molecule is c1ccc([Si](c2ccccc2)(c2nccc3sc4ccccc4c23)n2c3cc(-c4ccc5sc6ccccc6c5c4)ccc3n3c4cccc(-c5ccc6oc7ncccc7c6c5)c4nc23)cc1. The van der Waals surface area contributed by atoms with Gasteiger partial charge in [-0.2, -0.15) is 0 Å². The Kier molecular flexibility index (Phi) is 8.03. The van der Waals surface area contributed by atoms with E-state index in [1.54, 1.807) is 6.20 Å². The molecular formula is C59H35N5OS2Si. The number of fused-ring (bicyclic) bond motifs is 14. The Hall–Kier alpha value is -8.21. The van der Waals surface area contributed by atoms with Crippen LogP contribution in [0.5, 0.6) is 0 Å². The smallest absolute Gasteiger partial charge is 0.280 e. The lowest BCUT2D eigenvalue weighted by Crippen LogP contribution is -2.73. The molecule has 0 atom stereocenters. The van der Waals surface area contributed by atoms with Crippen molar-refractivity contribution in [1.29, 1.82) is 0 Å². The second-order valence-electron chi connectivity index (χ2n) is 17.5. The van der Waals surface area contributed by atoms with Gasteiger partial charge in [0.2, 0.25) is 11.5 Å². The summed E-state index contributed by atoms with van der Waals surface area (Å²) in [5, 5.41) is 10.5. The first-order valence-corrected chi connectivity index (χ1v) is 26.3. The van der Waals surface area contributed by atoms with Crippen LogP contribution in [0.15, 0.2) is 217 Å². The molecule has 0 bridgehead atoms. The third kappa shape index (κ3) is 5.28. The molecule has 6 nitrogen and oxygen atoms in total. The molecule has 0 amide bonds. The molecule has 0 spiro atoms. The van der Waals surface area contributed by atoms with Crippen LogP contribution in [0.25, 0.3) is 113 Å². The largest absolute Gasteiger partial charge is 0.438 e. The average Bonchev–Trinajstić information content (AvgIpc) is 4.22. The molecule has 15 rings (SSSR count). The van der Waals surface area contributed by atoms with Crippen molar-refractivity contribution >= 4 is 137 Å². The lowest BCUT2D eigenvalue weighted by atomic mass is 10.0. The van der Waals surface area contributed by atoms with Crippen LogP contribution in [-0.2, 0) is 0 Å². The molecule has 9 heteroatoms. The van der Waals surface area contributed by atoms with Gasteiger partial charge < -0.3 is 8.65 Å². The van der Waals surface area contributed by atoms with E-state index in [0.717, 1.165) is 66.2 Å². The van der Waals surface area contributed by atoms with Gasteiger partial charge in [0.1, 0.15) is 5.58 Å². The lowest BCUT2D eigenvalue weighted by molar-refractivity contribution is 0.654. The molecule has 0 aliphatic heterocycles. The molecular weight excluding hydrogens is 887 g/mol. The number of benzene rings is 8. The predicted octanol–water partition coefficient (Wildman–Crippen LogP) is 13.7. The van der Waals surface area contributed by atoms with E-state index in [2.05, 4.69) is 208 Å². The van der Waals surface area contributed by atoms with Crippen molar-refractivity contribution < 1.29 is 4.42 Å². The van der Waals surface area contributed by atoms with E-state index in [-0.39, 0.29) is 0 Å². The second-order valence-corrected chi connectivity index (χ2v) is 23.2. The highest BCUT2D eigenvalue weighted by Gasteiger charge is 2.48. The van der Waals surface area contributed by atoms with Gasteiger partial charge in [-0.25, -0.2) is 9.97 Å². The van der Waals surface area contributed by atoms with Crippen LogP contribution in [0, 0.1) is 0 Å². The van der Waals surface area contributed by atoms with Crippen molar-refractivity contribution in [2.24, 2.45) is 0 Å². The van der Waals surface area contributed by atoms with Crippen LogP contribution in [-0.4, -0.2) is 31.8 Å². The summed E-state index contributed by atoms with van der Waals surface area (Å²) in [6.07, 6.45) is 3.81. The monoisotopic (exact) mass is 921 g/mol. The van der Waals surface area contributed by atoms with Gasteiger partial charge >= 0.3 is 0 Å². The molecule has 0 fully saturated rings. The Balaban J connectivity index is 1.11. The minimum atomic E-state index is -3.52. The quantitative estimate of drug-likeness (QED) is 0.156. The van der Waals surface area contributed by atoms with Gasteiger partial charge in [0.25, 0.3) is 8.24 Å². The molecule has 0 aliphatic carbocycles. The molecule has 7 heterocycles. The van der Waals surface area contributed by atoms with Crippen molar-refractivity contribution in [1.82, 2.24) is 23.6 Å². The summed E-state index contributed by atoms with van der Waals surface area (Å²) in [5.41, 5.74) is 10.0. The first kappa shape index (κ1) is 37.9. The molecule has 0 saturated heterocycles. The van der Waals surface area contributed by atoms with E-state index in [9.17, 15) is 0 Å². The predicted molar refractivity (Wildman–Crippen MR) is 287 cm³/mol. The number of rotatable bonds is 6. The van der Waals surface area contributed by atoms with Crippen molar-refractivity contribution in [3.63, 3.8) is 0 Å². The molecule has 8 aromatic carbocycles. The standard InChI is InChI=1S/C59H35N5OS2Si/c1-3-13-39(14-4-1)68(40-15-5-2-6-16-40,58-55-44-18-8-10-23-52(44)67-54(55)30-32-61-58)64-49-35-37(36-26-29-53-46(33-36)42-17-7-9-22-51(42)66-53)24-27-47(49)63-48-21-11-19-41(56(48)62-59(63)64)38-25-28-50-45(34-38)43-20-12-31-60-57(43)65-50/h1-35H.